The van der Waals surface area contributed by atoms with Gasteiger partial charge in [-0.05, 0) is 48.9 Å². The maximum atomic E-state index is 5.46. The highest BCUT2D eigenvalue weighted by Gasteiger charge is 2.19. The second-order valence-corrected chi connectivity index (χ2v) is 7.30. The van der Waals surface area contributed by atoms with E-state index in [4.69, 9.17) is 19.3 Å². The maximum Gasteiger partial charge on any atom is 0.119 e. The van der Waals surface area contributed by atoms with Crippen molar-refractivity contribution in [3.8, 4) is 39.8 Å². The minimum absolute atomic E-state index is 0.620. The van der Waals surface area contributed by atoms with E-state index in [0.29, 0.717) is 6.54 Å². The SMILES string of the molecule is COc1cccc(Cn2nc(-c3cccc(OC)c3)c(C)c2-c2cccc(OC)c2)c1. The molecule has 0 bridgehead atoms. The van der Waals surface area contributed by atoms with E-state index < -0.39 is 0 Å². The third-order valence-corrected chi connectivity index (χ3v) is 5.34. The third-order valence-electron chi connectivity index (χ3n) is 5.34. The number of hydrogen-bond acceptors (Lipinski definition) is 4. The second kappa shape index (κ2) is 8.96. The van der Waals surface area contributed by atoms with Crippen molar-refractivity contribution in [2.24, 2.45) is 0 Å². The molecule has 5 nitrogen and oxygen atoms in total. The number of aromatic nitrogens is 2. The summed E-state index contributed by atoms with van der Waals surface area (Å²) in [5.41, 5.74) is 6.28. The number of methoxy groups -OCH3 is 3. The fraction of sp³-hybridized carbons (Fsp3) is 0.192. The number of rotatable bonds is 7. The van der Waals surface area contributed by atoms with Crippen molar-refractivity contribution in [3.63, 3.8) is 0 Å². The summed E-state index contributed by atoms with van der Waals surface area (Å²) in [6.07, 6.45) is 0. The molecule has 0 aliphatic rings. The van der Waals surface area contributed by atoms with E-state index in [1.54, 1.807) is 21.3 Å². The van der Waals surface area contributed by atoms with E-state index in [1.165, 1.54) is 0 Å². The lowest BCUT2D eigenvalue weighted by atomic mass is 10.0. The maximum absolute atomic E-state index is 5.46. The van der Waals surface area contributed by atoms with Crippen molar-refractivity contribution in [1.82, 2.24) is 9.78 Å². The van der Waals surface area contributed by atoms with Crippen LogP contribution in [-0.4, -0.2) is 31.1 Å². The van der Waals surface area contributed by atoms with Gasteiger partial charge in [0.25, 0.3) is 0 Å². The van der Waals surface area contributed by atoms with Gasteiger partial charge < -0.3 is 14.2 Å². The van der Waals surface area contributed by atoms with Crippen molar-refractivity contribution in [2.45, 2.75) is 13.5 Å². The summed E-state index contributed by atoms with van der Waals surface area (Å²) < 4.78 is 18.3. The molecule has 0 saturated heterocycles. The molecular weight excluding hydrogens is 388 g/mol. The Morgan fingerprint density at radius 2 is 1.26 bits per heavy atom. The molecule has 0 radical (unpaired) electrons. The number of benzene rings is 3. The Morgan fingerprint density at radius 1 is 0.710 bits per heavy atom. The van der Waals surface area contributed by atoms with Crippen LogP contribution < -0.4 is 14.2 Å². The zero-order valence-corrected chi connectivity index (χ0v) is 18.3. The second-order valence-electron chi connectivity index (χ2n) is 7.30. The normalized spacial score (nSPS) is 10.7. The van der Waals surface area contributed by atoms with Gasteiger partial charge in [0.1, 0.15) is 17.2 Å². The predicted molar refractivity (Wildman–Crippen MR) is 123 cm³/mol. The van der Waals surface area contributed by atoms with Gasteiger partial charge in [-0.3, -0.25) is 4.68 Å². The van der Waals surface area contributed by atoms with Crippen molar-refractivity contribution in [2.75, 3.05) is 21.3 Å². The molecule has 0 amide bonds. The zero-order valence-electron chi connectivity index (χ0n) is 18.3. The summed E-state index contributed by atoms with van der Waals surface area (Å²) in [6.45, 7) is 2.73. The lowest BCUT2D eigenvalue weighted by Gasteiger charge is -2.11. The monoisotopic (exact) mass is 414 g/mol. The van der Waals surface area contributed by atoms with Gasteiger partial charge in [-0.1, -0.05) is 36.4 Å². The Hall–Kier alpha value is -3.73. The predicted octanol–water partition coefficient (Wildman–Crippen LogP) is 5.60. The van der Waals surface area contributed by atoms with Gasteiger partial charge in [0.2, 0.25) is 0 Å². The number of nitrogens with zero attached hydrogens (tertiary/aromatic N) is 2. The lowest BCUT2D eigenvalue weighted by Crippen LogP contribution is -2.04. The van der Waals surface area contributed by atoms with Crippen LogP contribution in [0.5, 0.6) is 17.2 Å². The molecule has 158 valence electrons. The van der Waals surface area contributed by atoms with Crippen LogP contribution in [0.1, 0.15) is 11.1 Å². The average Bonchev–Trinajstić information content (AvgIpc) is 3.14. The van der Waals surface area contributed by atoms with E-state index >= 15 is 0 Å². The molecule has 0 saturated carbocycles. The smallest absolute Gasteiger partial charge is 0.119 e. The van der Waals surface area contributed by atoms with Crippen molar-refractivity contribution in [1.29, 1.82) is 0 Å². The van der Waals surface area contributed by atoms with Gasteiger partial charge in [-0.2, -0.15) is 5.10 Å². The fourth-order valence-corrected chi connectivity index (χ4v) is 3.79. The molecule has 5 heteroatoms. The van der Waals surface area contributed by atoms with Gasteiger partial charge in [-0.15, -0.1) is 0 Å². The van der Waals surface area contributed by atoms with E-state index in [9.17, 15) is 0 Å². The summed E-state index contributed by atoms with van der Waals surface area (Å²) in [4.78, 5) is 0. The van der Waals surface area contributed by atoms with Gasteiger partial charge >= 0.3 is 0 Å². The van der Waals surface area contributed by atoms with Gasteiger partial charge in [-0.25, -0.2) is 0 Å². The first kappa shape index (κ1) is 20.5. The molecule has 0 unspecified atom stereocenters. The Balaban J connectivity index is 1.86. The standard InChI is InChI=1S/C26H26N2O3/c1-18-25(20-9-6-12-23(15-20)30-3)27-28(17-19-8-5-11-22(14-19)29-2)26(18)21-10-7-13-24(16-21)31-4/h5-16H,17H2,1-4H3. The molecule has 3 aromatic carbocycles. The van der Waals surface area contributed by atoms with Crippen LogP contribution in [0.4, 0.5) is 0 Å². The summed E-state index contributed by atoms with van der Waals surface area (Å²) in [7, 11) is 5.04. The zero-order chi connectivity index (χ0) is 21.8. The molecule has 0 aliphatic carbocycles. The lowest BCUT2D eigenvalue weighted by molar-refractivity contribution is 0.414. The quantitative estimate of drug-likeness (QED) is 0.395. The Morgan fingerprint density at radius 3 is 1.90 bits per heavy atom. The topological polar surface area (TPSA) is 45.5 Å². The van der Waals surface area contributed by atoms with Crippen LogP contribution in [0.25, 0.3) is 22.5 Å². The summed E-state index contributed by atoms with van der Waals surface area (Å²) in [6, 6.07) is 24.1. The minimum Gasteiger partial charge on any atom is -0.497 e. The molecule has 0 N–H and O–H groups in total. The summed E-state index contributed by atoms with van der Waals surface area (Å²) >= 11 is 0. The van der Waals surface area contributed by atoms with Crippen LogP contribution >= 0.6 is 0 Å². The Labute approximate surface area is 182 Å². The van der Waals surface area contributed by atoms with Crippen LogP contribution in [0.2, 0.25) is 0 Å². The summed E-state index contributed by atoms with van der Waals surface area (Å²) in [5.74, 6) is 2.45. The van der Waals surface area contributed by atoms with E-state index in [2.05, 4.69) is 25.1 Å². The number of ether oxygens (including phenoxy) is 3. The Bertz CT molecular complexity index is 1200. The molecule has 4 rings (SSSR count). The molecule has 1 heterocycles. The first-order valence-corrected chi connectivity index (χ1v) is 10.1. The van der Waals surface area contributed by atoms with Crippen molar-refractivity contribution >= 4 is 0 Å². The first-order valence-electron chi connectivity index (χ1n) is 10.1. The Kier molecular flexibility index (Phi) is 5.94. The molecule has 0 atom stereocenters. The van der Waals surface area contributed by atoms with E-state index in [-0.39, 0.29) is 0 Å². The first-order chi connectivity index (χ1) is 15.1. The van der Waals surface area contributed by atoms with Crippen LogP contribution in [0.15, 0.2) is 72.8 Å². The van der Waals surface area contributed by atoms with E-state index in [1.807, 2.05) is 59.3 Å². The average molecular weight is 415 g/mol. The molecule has 31 heavy (non-hydrogen) atoms. The molecule has 0 fully saturated rings. The third kappa shape index (κ3) is 4.26. The van der Waals surface area contributed by atoms with Crippen molar-refractivity contribution in [3.05, 3.63) is 83.9 Å². The van der Waals surface area contributed by atoms with Gasteiger partial charge in [0, 0.05) is 16.7 Å². The van der Waals surface area contributed by atoms with Crippen molar-refractivity contribution < 1.29 is 14.2 Å². The van der Waals surface area contributed by atoms with E-state index in [0.717, 1.165) is 50.9 Å². The number of hydrogen-bond donors (Lipinski definition) is 0. The molecule has 0 aliphatic heterocycles. The van der Waals surface area contributed by atoms with Gasteiger partial charge in [0.15, 0.2) is 0 Å². The summed E-state index contributed by atoms with van der Waals surface area (Å²) in [5, 5.41) is 5.02. The highest BCUT2D eigenvalue weighted by atomic mass is 16.5. The van der Waals surface area contributed by atoms with Gasteiger partial charge in [0.05, 0.1) is 39.3 Å². The molecular formula is C26H26N2O3. The van der Waals surface area contributed by atoms with Crippen LogP contribution in [0.3, 0.4) is 0 Å². The molecule has 0 spiro atoms. The fourth-order valence-electron chi connectivity index (χ4n) is 3.79. The van der Waals surface area contributed by atoms with Crippen LogP contribution in [0, 0.1) is 6.92 Å². The molecule has 1 aromatic heterocycles. The largest absolute Gasteiger partial charge is 0.497 e. The highest BCUT2D eigenvalue weighted by molar-refractivity contribution is 5.75. The minimum atomic E-state index is 0.620. The van der Waals surface area contributed by atoms with Crippen LogP contribution in [-0.2, 0) is 6.54 Å². The molecule has 4 aromatic rings. The highest BCUT2D eigenvalue weighted by Crippen LogP contribution is 2.34.